The van der Waals surface area contributed by atoms with E-state index in [9.17, 15) is 13.6 Å². The number of carboxylic acids is 1. The van der Waals surface area contributed by atoms with Crippen LogP contribution in [0.2, 0.25) is 0 Å². The topological polar surface area (TPSA) is 50.9 Å². The van der Waals surface area contributed by atoms with Crippen molar-refractivity contribution in [2.75, 3.05) is 0 Å². The van der Waals surface area contributed by atoms with Gasteiger partial charge in [-0.15, -0.1) is 0 Å². The number of nitrogens with zero attached hydrogens (tertiary/aromatic N) is 1. The maximum absolute atomic E-state index is 11.9. The van der Waals surface area contributed by atoms with Crippen molar-refractivity contribution in [1.29, 1.82) is 0 Å². The lowest BCUT2D eigenvalue weighted by Gasteiger charge is -2.06. The van der Waals surface area contributed by atoms with Gasteiger partial charge in [-0.25, -0.2) is 9.64 Å². The number of carbonyl (C=O) groups is 1. The van der Waals surface area contributed by atoms with E-state index in [0.29, 0.717) is 0 Å². The molecule has 6 heteroatoms. The number of carboxylic acid groups (broad SMARTS) is 1. The van der Waals surface area contributed by atoms with Crippen molar-refractivity contribution >= 4 is 11.7 Å². The van der Waals surface area contributed by atoms with Crippen molar-refractivity contribution < 1.29 is 23.4 Å². The summed E-state index contributed by atoms with van der Waals surface area (Å²) in [6.45, 7) is 3.63. The molecule has 1 aromatic rings. The fraction of sp³-hybridized carbons (Fsp3) is 0.111. The Bertz CT molecular complexity index is 426. The van der Waals surface area contributed by atoms with Crippen LogP contribution in [-0.2, 0) is 0 Å². The van der Waals surface area contributed by atoms with E-state index in [1.165, 1.54) is 0 Å². The van der Waals surface area contributed by atoms with Crippen LogP contribution in [0.3, 0.4) is 0 Å². The second-order valence-corrected chi connectivity index (χ2v) is 2.48. The van der Waals surface area contributed by atoms with Crippen molar-refractivity contribution in [1.82, 2.24) is 0 Å². The first-order chi connectivity index (χ1) is 7.04. The average Bonchev–Trinajstić information content (AvgIpc) is 2.17. The minimum Gasteiger partial charge on any atom is -0.478 e. The quantitative estimate of drug-likeness (QED) is 0.785. The van der Waals surface area contributed by atoms with Crippen LogP contribution < -0.4 is 4.74 Å². The summed E-state index contributed by atoms with van der Waals surface area (Å²) in [7, 11) is 0. The molecule has 1 rings (SSSR count). The molecule has 0 amide bonds. The van der Waals surface area contributed by atoms with Crippen LogP contribution in [0, 0.1) is 6.57 Å². The molecule has 0 saturated heterocycles. The van der Waals surface area contributed by atoms with Gasteiger partial charge in [0.25, 0.3) is 0 Å². The summed E-state index contributed by atoms with van der Waals surface area (Å²) >= 11 is 0. The van der Waals surface area contributed by atoms with E-state index in [-0.39, 0.29) is 17.0 Å². The zero-order chi connectivity index (χ0) is 11.4. The van der Waals surface area contributed by atoms with Gasteiger partial charge in [0.1, 0.15) is 5.75 Å². The molecule has 0 unspecified atom stereocenters. The average molecular weight is 213 g/mol. The first-order valence-electron chi connectivity index (χ1n) is 3.74. The SMILES string of the molecule is [C-]#[N+]c1cc(C(=O)O)ccc1OC(F)F. The highest BCUT2D eigenvalue weighted by molar-refractivity contribution is 5.89. The first-order valence-corrected chi connectivity index (χ1v) is 3.74. The van der Waals surface area contributed by atoms with Crippen molar-refractivity contribution in [2.45, 2.75) is 6.61 Å². The van der Waals surface area contributed by atoms with Crippen molar-refractivity contribution in [3.8, 4) is 5.75 Å². The standard InChI is InChI=1S/C9H5F2NO3/c1-12-6-4-5(8(13)14)2-3-7(6)15-9(10)11/h2-4,9H,(H,13,14). The van der Waals surface area contributed by atoms with Crippen LogP contribution in [0.25, 0.3) is 4.85 Å². The Kier molecular flexibility index (Phi) is 3.18. The van der Waals surface area contributed by atoms with Crippen molar-refractivity contribution in [3.05, 3.63) is 35.2 Å². The molecule has 0 aliphatic rings. The van der Waals surface area contributed by atoms with Gasteiger partial charge in [-0.1, -0.05) is 0 Å². The zero-order valence-electron chi connectivity index (χ0n) is 7.28. The fourth-order valence-corrected chi connectivity index (χ4v) is 0.933. The Labute approximate surface area is 83.5 Å². The maximum atomic E-state index is 11.9. The molecule has 1 N–H and O–H groups in total. The zero-order valence-corrected chi connectivity index (χ0v) is 7.28. The lowest BCUT2D eigenvalue weighted by atomic mass is 10.2. The van der Waals surface area contributed by atoms with Crippen LogP contribution in [0.5, 0.6) is 5.75 Å². The molecule has 0 fully saturated rings. The van der Waals surface area contributed by atoms with Gasteiger partial charge >= 0.3 is 12.6 Å². The van der Waals surface area contributed by atoms with Gasteiger partial charge in [-0.3, -0.25) is 0 Å². The third-order valence-electron chi connectivity index (χ3n) is 1.54. The minimum atomic E-state index is -3.04. The van der Waals surface area contributed by atoms with E-state index < -0.39 is 12.6 Å². The molecule has 0 atom stereocenters. The normalized spacial score (nSPS) is 9.73. The van der Waals surface area contributed by atoms with Gasteiger partial charge in [-0.05, 0) is 18.2 Å². The van der Waals surface area contributed by atoms with Gasteiger partial charge < -0.3 is 9.84 Å². The minimum absolute atomic E-state index is 0.150. The Morgan fingerprint density at radius 1 is 1.53 bits per heavy atom. The highest BCUT2D eigenvalue weighted by atomic mass is 19.3. The molecule has 0 radical (unpaired) electrons. The van der Waals surface area contributed by atoms with Crippen molar-refractivity contribution in [2.24, 2.45) is 0 Å². The Balaban J connectivity index is 3.11. The largest absolute Gasteiger partial charge is 0.478 e. The summed E-state index contributed by atoms with van der Waals surface area (Å²) in [5, 5.41) is 8.59. The van der Waals surface area contributed by atoms with E-state index in [4.69, 9.17) is 11.7 Å². The Morgan fingerprint density at radius 2 is 2.20 bits per heavy atom. The smallest absolute Gasteiger partial charge is 0.386 e. The molecule has 0 heterocycles. The summed E-state index contributed by atoms with van der Waals surface area (Å²) in [6, 6.07) is 3.10. The lowest BCUT2D eigenvalue weighted by Crippen LogP contribution is -2.03. The third kappa shape index (κ3) is 2.64. The molecule has 0 aromatic heterocycles. The van der Waals surface area contributed by atoms with E-state index in [1.807, 2.05) is 0 Å². The second kappa shape index (κ2) is 4.37. The number of rotatable bonds is 3. The van der Waals surface area contributed by atoms with Crippen LogP contribution in [-0.4, -0.2) is 17.7 Å². The predicted molar refractivity (Wildman–Crippen MR) is 46.3 cm³/mol. The predicted octanol–water partition coefficient (Wildman–Crippen LogP) is 2.54. The van der Waals surface area contributed by atoms with Crippen LogP contribution in [0.15, 0.2) is 18.2 Å². The number of halogens is 2. The second-order valence-electron chi connectivity index (χ2n) is 2.48. The molecular formula is C9H5F2NO3. The van der Waals surface area contributed by atoms with E-state index >= 15 is 0 Å². The molecule has 4 nitrogen and oxygen atoms in total. The third-order valence-corrected chi connectivity index (χ3v) is 1.54. The van der Waals surface area contributed by atoms with Gasteiger partial charge in [0.05, 0.1) is 6.57 Å². The molecule has 0 spiro atoms. The highest BCUT2D eigenvalue weighted by Crippen LogP contribution is 2.29. The van der Waals surface area contributed by atoms with Gasteiger partial charge in [0.2, 0.25) is 5.69 Å². The van der Waals surface area contributed by atoms with E-state index in [2.05, 4.69) is 9.58 Å². The fourth-order valence-electron chi connectivity index (χ4n) is 0.933. The van der Waals surface area contributed by atoms with Crippen LogP contribution >= 0.6 is 0 Å². The number of aromatic carboxylic acids is 1. The van der Waals surface area contributed by atoms with Gasteiger partial charge in [0.15, 0.2) is 0 Å². The molecule has 0 aliphatic heterocycles. The highest BCUT2D eigenvalue weighted by Gasteiger charge is 2.12. The van der Waals surface area contributed by atoms with Crippen LogP contribution in [0.1, 0.15) is 10.4 Å². The number of hydrogen-bond acceptors (Lipinski definition) is 2. The summed E-state index contributed by atoms with van der Waals surface area (Å²) in [4.78, 5) is 13.4. The van der Waals surface area contributed by atoms with E-state index in [1.54, 1.807) is 0 Å². The first kappa shape index (κ1) is 10.9. The molecule has 0 aliphatic carbocycles. The number of ether oxygens (including phenoxy) is 1. The maximum Gasteiger partial charge on any atom is 0.386 e. The summed E-state index contributed by atoms with van der Waals surface area (Å²) < 4.78 is 27.7. The summed E-state index contributed by atoms with van der Waals surface area (Å²) in [5.74, 6) is -1.56. The number of alkyl halides is 2. The Morgan fingerprint density at radius 3 is 2.67 bits per heavy atom. The summed E-state index contributed by atoms with van der Waals surface area (Å²) in [6.07, 6.45) is 0. The monoisotopic (exact) mass is 213 g/mol. The molecular weight excluding hydrogens is 208 g/mol. The van der Waals surface area contributed by atoms with Gasteiger partial charge in [0, 0.05) is 5.56 Å². The Hall–Kier alpha value is -2.16. The van der Waals surface area contributed by atoms with Crippen molar-refractivity contribution in [3.63, 3.8) is 0 Å². The van der Waals surface area contributed by atoms with E-state index in [0.717, 1.165) is 18.2 Å². The summed E-state index contributed by atoms with van der Waals surface area (Å²) in [5.41, 5.74) is -0.405. The van der Waals surface area contributed by atoms with Crippen LogP contribution in [0.4, 0.5) is 14.5 Å². The lowest BCUT2D eigenvalue weighted by molar-refractivity contribution is -0.0492. The number of benzene rings is 1. The molecule has 78 valence electrons. The van der Waals surface area contributed by atoms with Gasteiger partial charge in [-0.2, -0.15) is 8.78 Å². The number of hydrogen-bond donors (Lipinski definition) is 1. The molecule has 0 bridgehead atoms. The molecule has 0 saturated carbocycles. The molecule has 1 aromatic carbocycles. The molecule has 15 heavy (non-hydrogen) atoms.